The van der Waals surface area contributed by atoms with Gasteiger partial charge in [-0.25, -0.2) is 4.39 Å². The lowest BCUT2D eigenvalue weighted by Gasteiger charge is -2.34. The monoisotopic (exact) mass is 249 g/mol. The van der Waals surface area contributed by atoms with Crippen molar-refractivity contribution < 1.29 is 4.39 Å². The number of hydrogen-bond acceptors (Lipinski definition) is 3. The average Bonchev–Trinajstić information content (AvgIpc) is 2.38. The highest BCUT2D eigenvalue weighted by atomic mass is 19.1. The second-order valence-electron chi connectivity index (χ2n) is 4.64. The minimum Gasteiger partial charge on any atom is -0.367 e. The Labute approximate surface area is 108 Å². The normalized spacial score (nSPS) is 17.6. The molecule has 0 saturated carbocycles. The molecule has 98 valence electrons. The summed E-state index contributed by atoms with van der Waals surface area (Å²) in [5.74, 6) is -0.154. The number of nitrogens with two attached hydrogens (primary N) is 1. The SMILES string of the molecule is CN1CCN(c2ccc(/C=C/CN)cc2F)CC1. The molecular weight excluding hydrogens is 229 g/mol. The first-order chi connectivity index (χ1) is 8.70. The van der Waals surface area contributed by atoms with Gasteiger partial charge in [-0.05, 0) is 24.7 Å². The molecule has 0 bridgehead atoms. The van der Waals surface area contributed by atoms with Gasteiger partial charge in [0, 0.05) is 32.7 Å². The predicted octanol–water partition coefficient (Wildman–Crippen LogP) is 1.55. The van der Waals surface area contributed by atoms with Crippen LogP contribution in [0, 0.1) is 5.82 Å². The molecule has 3 nitrogen and oxygen atoms in total. The third kappa shape index (κ3) is 3.09. The Morgan fingerprint density at radius 1 is 1.28 bits per heavy atom. The first kappa shape index (κ1) is 13.1. The van der Waals surface area contributed by atoms with Crippen LogP contribution < -0.4 is 10.6 Å². The van der Waals surface area contributed by atoms with Crippen LogP contribution >= 0.6 is 0 Å². The Balaban J connectivity index is 2.12. The minimum atomic E-state index is -0.154. The molecule has 1 aromatic rings. The molecule has 0 radical (unpaired) electrons. The summed E-state index contributed by atoms with van der Waals surface area (Å²) >= 11 is 0. The van der Waals surface area contributed by atoms with E-state index in [-0.39, 0.29) is 5.82 Å². The van der Waals surface area contributed by atoms with Gasteiger partial charge in [0.05, 0.1) is 5.69 Å². The van der Waals surface area contributed by atoms with Crippen molar-refractivity contribution in [3.63, 3.8) is 0 Å². The molecule has 1 fully saturated rings. The predicted molar refractivity (Wildman–Crippen MR) is 74.2 cm³/mol. The fraction of sp³-hybridized carbons (Fsp3) is 0.429. The summed E-state index contributed by atoms with van der Waals surface area (Å²) in [6, 6.07) is 5.36. The fourth-order valence-electron chi connectivity index (χ4n) is 2.13. The lowest BCUT2D eigenvalue weighted by molar-refractivity contribution is 0.311. The third-order valence-electron chi connectivity index (χ3n) is 3.26. The molecule has 0 unspecified atom stereocenters. The van der Waals surface area contributed by atoms with Crippen LogP contribution in [0.3, 0.4) is 0 Å². The van der Waals surface area contributed by atoms with E-state index < -0.39 is 0 Å². The van der Waals surface area contributed by atoms with Gasteiger partial charge in [-0.2, -0.15) is 0 Å². The van der Waals surface area contributed by atoms with Gasteiger partial charge in [0.1, 0.15) is 5.82 Å². The van der Waals surface area contributed by atoms with Crippen molar-refractivity contribution in [2.45, 2.75) is 0 Å². The Morgan fingerprint density at radius 3 is 2.61 bits per heavy atom. The molecule has 0 spiro atoms. The van der Waals surface area contributed by atoms with Crippen molar-refractivity contribution in [2.75, 3.05) is 44.7 Å². The van der Waals surface area contributed by atoms with E-state index in [0.717, 1.165) is 31.7 Å². The van der Waals surface area contributed by atoms with Crippen molar-refractivity contribution in [3.05, 3.63) is 35.7 Å². The van der Waals surface area contributed by atoms with Crippen LogP contribution in [0.4, 0.5) is 10.1 Å². The number of benzene rings is 1. The Bertz CT molecular complexity index is 423. The second-order valence-corrected chi connectivity index (χ2v) is 4.64. The molecular formula is C14H20FN3. The van der Waals surface area contributed by atoms with Crippen molar-refractivity contribution >= 4 is 11.8 Å². The molecule has 4 heteroatoms. The number of halogens is 1. The van der Waals surface area contributed by atoms with Crippen LogP contribution in [0.5, 0.6) is 0 Å². The first-order valence-corrected chi connectivity index (χ1v) is 6.30. The number of piperazine rings is 1. The lowest BCUT2D eigenvalue weighted by atomic mass is 10.1. The summed E-state index contributed by atoms with van der Waals surface area (Å²) in [4.78, 5) is 4.36. The summed E-state index contributed by atoms with van der Waals surface area (Å²) in [5, 5.41) is 0. The van der Waals surface area contributed by atoms with E-state index in [4.69, 9.17) is 5.73 Å². The first-order valence-electron chi connectivity index (χ1n) is 6.30. The highest BCUT2D eigenvalue weighted by Crippen LogP contribution is 2.22. The zero-order chi connectivity index (χ0) is 13.0. The molecule has 1 saturated heterocycles. The Kier molecular flexibility index (Phi) is 4.33. The molecule has 0 atom stereocenters. The van der Waals surface area contributed by atoms with Crippen molar-refractivity contribution in [2.24, 2.45) is 5.73 Å². The topological polar surface area (TPSA) is 32.5 Å². The van der Waals surface area contributed by atoms with Crippen molar-refractivity contribution in [3.8, 4) is 0 Å². The van der Waals surface area contributed by atoms with E-state index in [1.807, 2.05) is 24.3 Å². The van der Waals surface area contributed by atoms with Gasteiger partial charge in [-0.15, -0.1) is 0 Å². The van der Waals surface area contributed by atoms with Crippen LogP contribution in [0.1, 0.15) is 5.56 Å². The minimum absolute atomic E-state index is 0.154. The van der Waals surface area contributed by atoms with Gasteiger partial charge >= 0.3 is 0 Å². The van der Waals surface area contributed by atoms with E-state index in [0.29, 0.717) is 12.2 Å². The molecule has 1 aliphatic heterocycles. The molecule has 1 aliphatic rings. The summed E-state index contributed by atoms with van der Waals surface area (Å²) in [7, 11) is 2.09. The number of likely N-dealkylation sites (N-methyl/N-ethyl adjacent to an activating group) is 1. The maximum absolute atomic E-state index is 14.0. The largest absolute Gasteiger partial charge is 0.367 e. The van der Waals surface area contributed by atoms with Gasteiger partial charge in [-0.3, -0.25) is 0 Å². The Hall–Kier alpha value is -1.39. The lowest BCUT2D eigenvalue weighted by Crippen LogP contribution is -2.44. The number of anilines is 1. The molecule has 0 aliphatic carbocycles. The van der Waals surface area contributed by atoms with Crippen LogP contribution in [0.2, 0.25) is 0 Å². The van der Waals surface area contributed by atoms with Gasteiger partial charge in [0.15, 0.2) is 0 Å². The maximum atomic E-state index is 14.0. The van der Waals surface area contributed by atoms with Gasteiger partial charge in [-0.1, -0.05) is 18.2 Å². The van der Waals surface area contributed by atoms with E-state index in [9.17, 15) is 4.39 Å². The number of nitrogens with zero attached hydrogens (tertiary/aromatic N) is 2. The highest BCUT2D eigenvalue weighted by Gasteiger charge is 2.16. The molecule has 2 rings (SSSR count). The highest BCUT2D eigenvalue weighted by molar-refractivity contribution is 5.57. The molecule has 1 heterocycles. The summed E-state index contributed by atoms with van der Waals surface area (Å²) in [5.41, 5.74) is 6.94. The van der Waals surface area contributed by atoms with Crippen LogP contribution in [-0.2, 0) is 0 Å². The van der Waals surface area contributed by atoms with Crippen molar-refractivity contribution in [1.82, 2.24) is 4.90 Å². The number of hydrogen-bond donors (Lipinski definition) is 1. The van der Waals surface area contributed by atoms with Crippen LogP contribution in [0.15, 0.2) is 24.3 Å². The van der Waals surface area contributed by atoms with E-state index >= 15 is 0 Å². The summed E-state index contributed by atoms with van der Waals surface area (Å²) in [6.07, 6.45) is 3.67. The zero-order valence-electron chi connectivity index (χ0n) is 10.8. The molecule has 18 heavy (non-hydrogen) atoms. The fourth-order valence-corrected chi connectivity index (χ4v) is 2.13. The third-order valence-corrected chi connectivity index (χ3v) is 3.26. The molecule has 0 amide bonds. The molecule has 1 aromatic carbocycles. The zero-order valence-corrected chi connectivity index (χ0v) is 10.8. The second kappa shape index (κ2) is 5.98. The van der Waals surface area contributed by atoms with Gasteiger partial charge in [0.25, 0.3) is 0 Å². The maximum Gasteiger partial charge on any atom is 0.147 e. The van der Waals surface area contributed by atoms with E-state index in [1.54, 1.807) is 6.07 Å². The molecule has 0 aromatic heterocycles. The van der Waals surface area contributed by atoms with E-state index in [2.05, 4.69) is 16.8 Å². The van der Waals surface area contributed by atoms with E-state index in [1.165, 1.54) is 0 Å². The van der Waals surface area contributed by atoms with Gasteiger partial charge < -0.3 is 15.5 Å². The quantitative estimate of drug-likeness (QED) is 0.882. The Morgan fingerprint density at radius 2 is 2.00 bits per heavy atom. The standard InChI is InChI=1S/C14H20FN3/c1-17-7-9-18(10-8-17)14-5-4-12(3-2-6-16)11-13(14)15/h2-5,11H,6-10,16H2,1H3/b3-2+. The summed E-state index contributed by atoms with van der Waals surface area (Å²) < 4.78 is 14.0. The smallest absolute Gasteiger partial charge is 0.147 e. The summed E-state index contributed by atoms with van der Waals surface area (Å²) in [6.45, 7) is 4.20. The molecule has 2 N–H and O–H groups in total. The van der Waals surface area contributed by atoms with Crippen molar-refractivity contribution in [1.29, 1.82) is 0 Å². The van der Waals surface area contributed by atoms with Crippen LogP contribution in [-0.4, -0.2) is 44.7 Å². The van der Waals surface area contributed by atoms with Gasteiger partial charge in [0.2, 0.25) is 0 Å². The average molecular weight is 249 g/mol. The number of rotatable bonds is 3. The van der Waals surface area contributed by atoms with Crippen LogP contribution in [0.25, 0.3) is 6.08 Å².